The third kappa shape index (κ3) is 3.62. The van der Waals surface area contributed by atoms with Gasteiger partial charge in [-0.05, 0) is 56.0 Å². The molecule has 1 aliphatic rings. The zero-order chi connectivity index (χ0) is 17.0. The van der Waals surface area contributed by atoms with Crippen LogP contribution >= 0.6 is 0 Å². The van der Waals surface area contributed by atoms with Crippen LogP contribution in [-0.4, -0.2) is 31.9 Å². The molecule has 0 radical (unpaired) electrons. The van der Waals surface area contributed by atoms with Crippen LogP contribution < -0.4 is 4.74 Å². The molecule has 24 heavy (non-hydrogen) atoms. The Morgan fingerprint density at radius 3 is 2.46 bits per heavy atom. The van der Waals surface area contributed by atoms with Gasteiger partial charge in [0.15, 0.2) is 0 Å². The molecule has 0 N–H and O–H groups in total. The Balaban J connectivity index is 1.79. The first kappa shape index (κ1) is 17.0. The Labute approximate surface area is 144 Å². The maximum Gasteiger partial charge on any atom is 0.243 e. The van der Waals surface area contributed by atoms with E-state index in [4.69, 9.17) is 4.74 Å². The smallest absolute Gasteiger partial charge is 0.243 e. The summed E-state index contributed by atoms with van der Waals surface area (Å²) in [6.07, 6.45) is 2.58. The van der Waals surface area contributed by atoms with Gasteiger partial charge in [0.1, 0.15) is 5.75 Å². The highest BCUT2D eigenvalue weighted by molar-refractivity contribution is 7.89. The number of hydrogen-bond donors (Lipinski definition) is 0. The lowest BCUT2D eigenvalue weighted by Crippen LogP contribution is -2.36. The Morgan fingerprint density at radius 1 is 1.08 bits per heavy atom. The molecule has 0 spiro atoms. The molecular weight excluding hydrogens is 322 g/mol. The zero-order valence-corrected chi connectivity index (χ0v) is 14.7. The second-order valence-electron chi connectivity index (χ2n) is 6.01. The molecular formula is C19H23NO3S. The highest BCUT2D eigenvalue weighted by Gasteiger charge is 2.35. The normalized spacial score (nSPS) is 18.6. The van der Waals surface area contributed by atoms with Gasteiger partial charge in [-0.25, -0.2) is 8.42 Å². The van der Waals surface area contributed by atoms with E-state index in [2.05, 4.69) is 12.1 Å². The minimum absolute atomic E-state index is 0.0315. The van der Waals surface area contributed by atoms with Crippen molar-refractivity contribution in [3.63, 3.8) is 0 Å². The summed E-state index contributed by atoms with van der Waals surface area (Å²) in [5.74, 6) is 0.693. The number of ether oxygens (including phenoxy) is 1. The van der Waals surface area contributed by atoms with E-state index < -0.39 is 10.0 Å². The van der Waals surface area contributed by atoms with Crippen LogP contribution in [0.15, 0.2) is 59.5 Å². The van der Waals surface area contributed by atoms with Gasteiger partial charge >= 0.3 is 0 Å². The molecule has 0 saturated carbocycles. The Hall–Kier alpha value is -1.85. The predicted molar refractivity (Wildman–Crippen MR) is 94.7 cm³/mol. The molecule has 128 valence electrons. The molecule has 1 atom stereocenters. The molecule has 4 nitrogen and oxygen atoms in total. The number of sulfonamides is 1. The van der Waals surface area contributed by atoms with Crippen LogP contribution in [0.4, 0.5) is 0 Å². The lowest BCUT2D eigenvalue weighted by molar-refractivity contribution is 0.340. The average molecular weight is 345 g/mol. The third-order valence-electron chi connectivity index (χ3n) is 4.38. The summed E-state index contributed by atoms with van der Waals surface area (Å²) in [5.41, 5.74) is 1.18. The Bertz CT molecular complexity index is 757. The summed E-state index contributed by atoms with van der Waals surface area (Å²) in [4.78, 5) is 0.339. The van der Waals surface area contributed by atoms with E-state index in [1.807, 2.05) is 25.1 Å². The molecule has 3 rings (SSSR count). The quantitative estimate of drug-likeness (QED) is 0.805. The number of benzene rings is 2. The summed E-state index contributed by atoms with van der Waals surface area (Å²) in [7, 11) is -3.46. The number of nitrogens with zero attached hydrogens (tertiary/aromatic N) is 1. The average Bonchev–Trinajstić information content (AvgIpc) is 3.06. The van der Waals surface area contributed by atoms with E-state index >= 15 is 0 Å². The van der Waals surface area contributed by atoms with Crippen molar-refractivity contribution in [2.24, 2.45) is 0 Å². The predicted octanol–water partition coefficient (Wildman–Crippen LogP) is 3.48. The van der Waals surface area contributed by atoms with Crippen molar-refractivity contribution < 1.29 is 13.2 Å². The van der Waals surface area contributed by atoms with E-state index in [0.717, 1.165) is 19.3 Å². The highest BCUT2D eigenvalue weighted by Crippen LogP contribution is 2.29. The second kappa shape index (κ2) is 7.36. The van der Waals surface area contributed by atoms with Crippen molar-refractivity contribution in [1.29, 1.82) is 0 Å². The monoisotopic (exact) mass is 345 g/mol. The molecule has 2 aromatic rings. The molecule has 2 aromatic carbocycles. The first-order valence-corrected chi connectivity index (χ1v) is 9.84. The molecule has 1 saturated heterocycles. The summed E-state index contributed by atoms with van der Waals surface area (Å²) in [6.45, 7) is 3.06. The fraction of sp³-hybridized carbons (Fsp3) is 0.368. The largest absolute Gasteiger partial charge is 0.494 e. The van der Waals surface area contributed by atoms with Gasteiger partial charge in [0.2, 0.25) is 10.0 Å². The van der Waals surface area contributed by atoms with Crippen LogP contribution in [0.3, 0.4) is 0 Å². The van der Waals surface area contributed by atoms with Crippen molar-refractivity contribution in [2.45, 2.75) is 37.1 Å². The van der Waals surface area contributed by atoms with E-state index in [9.17, 15) is 8.42 Å². The standard InChI is InChI=1S/C19H23NO3S/c1-2-23-18-10-12-19(13-11-18)24(21,22)20-14-6-9-17(20)15-16-7-4-3-5-8-16/h3-5,7-8,10-13,17H,2,6,9,14-15H2,1H3. The fourth-order valence-corrected chi connectivity index (χ4v) is 4.92. The van der Waals surface area contributed by atoms with Crippen LogP contribution in [0.5, 0.6) is 5.75 Å². The van der Waals surface area contributed by atoms with Crippen molar-refractivity contribution in [1.82, 2.24) is 4.31 Å². The summed E-state index contributed by atoms with van der Waals surface area (Å²) >= 11 is 0. The van der Waals surface area contributed by atoms with Gasteiger partial charge in [0.05, 0.1) is 11.5 Å². The van der Waals surface area contributed by atoms with Gasteiger partial charge in [0, 0.05) is 12.6 Å². The summed E-state index contributed by atoms with van der Waals surface area (Å²) in [5, 5.41) is 0. The molecule has 1 unspecified atom stereocenters. The third-order valence-corrected chi connectivity index (χ3v) is 6.34. The maximum absolute atomic E-state index is 13.0. The lowest BCUT2D eigenvalue weighted by Gasteiger charge is -2.24. The molecule has 0 bridgehead atoms. The zero-order valence-electron chi connectivity index (χ0n) is 13.9. The molecule has 0 amide bonds. The number of rotatable bonds is 6. The van der Waals surface area contributed by atoms with E-state index in [-0.39, 0.29) is 6.04 Å². The van der Waals surface area contributed by atoms with Crippen molar-refractivity contribution in [3.8, 4) is 5.75 Å². The van der Waals surface area contributed by atoms with Crippen molar-refractivity contribution in [2.75, 3.05) is 13.2 Å². The fourth-order valence-electron chi connectivity index (χ4n) is 3.23. The van der Waals surface area contributed by atoms with Crippen LogP contribution in [-0.2, 0) is 16.4 Å². The van der Waals surface area contributed by atoms with Crippen LogP contribution in [0, 0.1) is 0 Å². The van der Waals surface area contributed by atoms with Gasteiger partial charge in [-0.2, -0.15) is 4.31 Å². The van der Waals surface area contributed by atoms with Crippen LogP contribution in [0.25, 0.3) is 0 Å². The molecule has 1 fully saturated rings. The SMILES string of the molecule is CCOc1ccc(S(=O)(=O)N2CCCC2Cc2ccccc2)cc1. The highest BCUT2D eigenvalue weighted by atomic mass is 32.2. The molecule has 0 aromatic heterocycles. The lowest BCUT2D eigenvalue weighted by atomic mass is 10.1. The van der Waals surface area contributed by atoms with Gasteiger partial charge < -0.3 is 4.74 Å². The number of hydrogen-bond acceptors (Lipinski definition) is 3. The van der Waals surface area contributed by atoms with Gasteiger partial charge in [0.25, 0.3) is 0 Å². The summed E-state index contributed by atoms with van der Waals surface area (Å²) < 4.78 is 33.0. The maximum atomic E-state index is 13.0. The van der Waals surface area contributed by atoms with E-state index in [0.29, 0.717) is 23.8 Å². The van der Waals surface area contributed by atoms with Crippen molar-refractivity contribution in [3.05, 3.63) is 60.2 Å². The minimum Gasteiger partial charge on any atom is -0.494 e. The molecule has 1 heterocycles. The molecule has 1 aliphatic heterocycles. The first-order chi connectivity index (χ1) is 11.6. The van der Waals surface area contributed by atoms with Gasteiger partial charge in [-0.15, -0.1) is 0 Å². The van der Waals surface area contributed by atoms with E-state index in [1.165, 1.54) is 5.56 Å². The van der Waals surface area contributed by atoms with Gasteiger partial charge in [-0.3, -0.25) is 0 Å². The van der Waals surface area contributed by atoms with E-state index in [1.54, 1.807) is 28.6 Å². The first-order valence-electron chi connectivity index (χ1n) is 8.40. The Kier molecular flexibility index (Phi) is 5.21. The summed E-state index contributed by atoms with van der Waals surface area (Å²) in [6, 6.07) is 16.8. The van der Waals surface area contributed by atoms with Gasteiger partial charge in [-0.1, -0.05) is 30.3 Å². The van der Waals surface area contributed by atoms with Crippen molar-refractivity contribution >= 4 is 10.0 Å². The van der Waals surface area contributed by atoms with Crippen LogP contribution in [0.1, 0.15) is 25.3 Å². The Morgan fingerprint density at radius 2 is 1.79 bits per heavy atom. The molecule has 5 heteroatoms. The van der Waals surface area contributed by atoms with Crippen LogP contribution in [0.2, 0.25) is 0 Å². The topological polar surface area (TPSA) is 46.6 Å². The second-order valence-corrected chi connectivity index (χ2v) is 7.90. The minimum atomic E-state index is -3.46. The molecule has 0 aliphatic carbocycles.